The molecule has 4 heteroatoms. The molecule has 4 nitrogen and oxygen atoms in total. The highest BCUT2D eigenvalue weighted by Crippen LogP contribution is 2.18. The minimum Gasteiger partial charge on any atom is -0.382 e. The van der Waals surface area contributed by atoms with Crippen molar-refractivity contribution in [1.29, 1.82) is 0 Å². The summed E-state index contributed by atoms with van der Waals surface area (Å²) in [5.74, 6) is -0.208. The lowest BCUT2D eigenvalue weighted by atomic mass is 10.1. The normalized spacial score (nSPS) is 22.1. The van der Waals surface area contributed by atoms with Gasteiger partial charge in [0.15, 0.2) is 0 Å². The van der Waals surface area contributed by atoms with Gasteiger partial charge in [0.1, 0.15) is 0 Å². The van der Waals surface area contributed by atoms with Crippen molar-refractivity contribution in [2.75, 3.05) is 19.8 Å². The van der Waals surface area contributed by atoms with E-state index < -0.39 is 0 Å². The summed E-state index contributed by atoms with van der Waals surface area (Å²) in [5, 5.41) is 0. The molecular formula is C10H17NO3. The first-order valence-electron chi connectivity index (χ1n) is 5.08. The summed E-state index contributed by atoms with van der Waals surface area (Å²) in [4.78, 5) is 24.1. The Bertz CT molecular complexity index is 227. The molecule has 1 fully saturated rings. The van der Waals surface area contributed by atoms with Crippen LogP contribution >= 0.6 is 0 Å². The van der Waals surface area contributed by atoms with Gasteiger partial charge in [0.25, 0.3) is 0 Å². The third-order valence-electron chi connectivity index (χ3n) is 2.34. The second-order valence-corrected chi connectivity index (χ2v) is 3.54. The van der Waals surface area contributed by atoms with E-state index in [4.69, 9.17) is 4.74 Å². The van der Waals surface area contributed by atoms with Crippen molar-refractivity contribution in [3.05, 3.63) is 0 Å². The van der Waals surface area contributed by atoms with Crippen LogP contribution in [0.3, 0.4) is 0 Å². The molecule has 0 aliphatic carbocycles. The number of amides is 2. The van der Waals surface area contributed by atoms with E-state index in [9.17, 15) is 9.59 Å². The Morgan fingerprint density at radius 2 is 2.21 bits per heavy atom. The molecule has 14 heavy (non-hydrogen) atoms. The highest BCUT2D eigenvalue weighted by Gasteiger charge is 2.34. The molecule has 1 aliphatic rings. The lowest BCUT2D eigenvalue weighted by Gasteiger charge is -2.13. The van der Waals surface area contributed by atoms with Gasteiger partial charge in [0.2, 0.25) is 11.8 Å². The maximum atomic E-state index is 11.4. The third kappa shape index (κ3) is 2.54. The quantitative estimate of drug-likeness (QED) is 0.486. The molecule has 80 valence electrons. The van der Waals surface area contributed by atoms with Gasteiger partial charge in [-0.05, 0) is 13.3 Å². The Morgan fingerprint density at radius 1 is 1.50 bits per heavy atom. The molecule has 0 spiro atoms. The number of imide groups is 1. The van der Waals surface area contributed by atoms with Crippen LogP contribution in [0.25, 0.3) is 0 Å². The molecule has 1 saturated heterocycles. The molecule has 0 saturated carbocycles. The van der Waals surface area contributed by atoms with Crippen LogP contribution in [0.2, 0.25) is 0 Å². The first-order valence-corrected chi connectivity index (χ1v) is 5.08. The van der Waals surface area contributed by atoms with Gasteiger partial charge < -0.3 is 4.74 Å². The first kappa shape index (κ1) is 11.2. The van der Waals surface area contributed by atoms with Crippen LogP contribution < -0.4 is 0 Å². The average molecular weight is 199 g/mol. The monoisotopic (exact) mass is 199 g/mol. The van der Waals surface area contributed by atoms with Crippen LogP contribution in [0.15, 0.2) is 0 Å². The van der Waals surface area contributed by atoms with Crippen molar-refractivity contribution in [2.24, 2.45) is 5.92 Å². The van der Waals surface area contributed by atoms with Crippen LogP contribution in [-0.2, 0) is 14.3 Å². The summed E-state index contributed by atoms with van der Waals surface area (Å²) in [6, 6.07) is 0. The molecule has 0 N–H and O–H groups in total. The van der Waals surface area contributed by atoms with E-state index in [1.54, 1.807) is 6.92 Å². The summed E-state index contributed by atoms with van der Waals surface area (Å²) in [7, 11) is 0. The van der Waals surface area contributed by atoms with Gasteiger partial charge in [0.05, 0.1) is 0 Å². The zero-order valence-electron chi connectivity index (χ0n) is 8.78. The van der Waals surface area contributed by atoms with E-state index in [2.05, 4.69) is 0 Å². The smallest absolute Gasteiger partial charge is 0.232 e. The minimum absolute atomic E-state index is 0.0356. The predicted molar refractivity (Wildman–Crippen MR) is 51.6 cm³/mol. The zero-order chi connectivity index (χ0) is 10.6. The number of ether oxygens (including phenoxy) is 1. The Hall–Kier alpha value is -0.900. The molecule has 1 heterocycles. The molecule has 2 amide bonds. The molecule has 0 radical (unpaired) electrons. The van der Waals surface area contributed by atoms with E-state index in [-0.39, 0.29) is 17.7 Å². The van der Waals surface area contributed by atoms with Crippen molar-refractivity contribution in [3.8, 4) is 0 Å². The number of carbonyl (C=O) groups excluding carboxylic acids is 2. The van der Waals surface area contributed by atoms with E-state index in [1.807, 2.05) is 6.92 Å². The molecule has 1 aliphatic heterocycles. The number of rotatable bonds is 5. The van der Waals surface area contributed by atoms with Gasteiger partial charge in [-0.3, -0.25) is 14.5 Å². The van der Waals surface area contributed by atoms with E-state index in [0.29, 0.717) is 26.2 Å². The van der Waals surface area contributed by atoms with Gasteiger partial charge >= 0.3 is 0 Å². The molecule has 0 aromatic rings. The number of nitrogens with zero attached hydrogens (tertiary/aromatic N) is 1. The number of hydrogen-bond acceptors (Lipinski definition) is 3. The fraction of sp³-hybridized carbons (Fsp3) is 0.800. The fourth-order valence-electron chi connectivity index (χ4n) is 1.55. The Kier molecular flexibility index (Phi) is 4.07. The highest BCUT2D eigenvalue weighted by atomic mass is 16.5. The summed E-state index contributed by atoms with van der Waals surface area (Å²) in [5.41, 5.74) is 0. The zero-order valence-corrected chi connectivity index (χ0v) is 8.78. The molecule has 1 rings (SSSR count). The van der Waals surface area contributed by atoms with Crippen LogP contribution in [0.5, 0.6) is 0 Å². The van der Waals surface area contributed by atoms with Crippen molar-refractivity contribution in [2.45, 2.75) is 26.7 Å². The van der Waals surface area contributed by atoms with E-state index in [0.717, 1.165) is 6.42 Å². The molecule has 0 unspecified atom stereocenters. The highest BCUT2D eigenvalue weighted by molar-refractivity contribution is 6.03. The number of likely N-dealkylation sites (tertiary alicyclic amines) is 1. The number of carbonyl (C=O) groups is 2. The lowest BCUT2D eigenvalue weighted by molar-refractivity contribution is -0.139. The van der Waals surface area contributed by atoms with Gasteiger partial charge in [-0.15, -0.1) is 0 Å². The molecule has 0 aromatic heterocycles. The summed E-state index contributed by atoms with van der Waals surface area (Å²) < 4.78 is 5.14. The SMILES string of the molecule is CCOCCCN1C(=O)C[C@@H](C)C1=O. The Balaban J connectivity index is 2.30. The van der Waals surface area contributed by atoms with E-state index >= 15 is 0 Å². The van der Waals surface area contributed by atoms with Crippen LogP contribution in [0, 0.1) is 5.92 Å². The first-order chi connectivity index (χ1) is 6.66. The van der Waals surface area contributed by atoms with Gasteiger partial charge in [-0.2, -0.15) is 0 Å². The molecule has 1 atom stereocenters. The maximum absolute atomic E-state index is 11.4. The van der Waals surface area contributed by atoms with Crippen molar-refractivity contribution in [1.82, 2.24) is 4.90 Å². The molecule has 0 aromatic carbocycles. The standard InChI is InChI=1S/C10H17NO3/c1-3-14-6-4-5-11-9(12)7-8(2)10(11)13/h8H,3-7H2,1-2H3/t8-/m1/s1. The van der Waals surface area contributed by atoms with Gasteiger partial charge in [0, 0.05) is 32.1 Å². The van der Waals surface area contributed by atoms with Crippen molar-refractivity contribution in [3.63, 3.8) is 0 Å². The van der Waals surface area contributed by atoms with Crippen molar-refractivity contribution < 1.29 is 14.3 Å². The van der Waals surface area contributed by atoms with Crippen LogP contribution in [0.1, 0.15) is 26.7 Å². The second kappa shape index (κ2) is 5.10. The van der Waals surface area contributed by atoms with Gasteiger partial charge in [-0.1, -0.05) is 6.92 Å². The maximum Gasteiger partial charge on any atom is 0.232 e. The topological polar surface area (TPSA) is 46.6 Å². The summed E-state index contributed by atoms with van der Waals surface area (Å²) in [6.07, 6.45) is 1.10. The van der Waals surface area contributed by atoms with E-state index in [1.165, 1.54) is 4.90 Å². The predicted octanol–water partition coefficient (Wildman–Crippen LogP) is 0.808. The number of hydrogen-bond donors (Lipinski definition) is 0. The van der Waals surface area contributed by atoms with Crippen LogP contribution in [-0.4, -0.2) is 36.5 Å². The average Bonchev–Trinajstić information content (AvgIpc) is 2.38. The second-order valence-electron chi connectivity index (χ2n) is 3.54. The van der Waals surface area contributed by atoms with Gasteiger partial charge in [-0.25, -0.2) is 0 Å². The molecule has 0 bridgehead atoms. The Morgan fingerprint density at radius 3 is 2.71 bits per heavy atom. The fourth-order valence-corrected chi connectivity index (χ4v) is 1.55. The minimum atomic E-state index is -0.130. The Labute approximate surface area is 84.2 Å². The lowest BCUT2D eigenvalue weighted by Crippen LogP contribution is -2.31. The van der Waals surface area contributed by atoms with Crippen LogP contribution in [0.4, 0.5) is 0 Å². The summed E-state index contributed by atoms with van der Waals surface area (Å²) in [6.45, 7) is 5.51. The summed E-state index contributed by atoms with van der Waals surface area (Å²) >= 11 is 0. The molecular weight excluding hydrogens is 182 g/mol. The largest absolute Gasteiger partial charge is 0.382 e. The third-order valence-corrected chi connectivity index (χ3v) is 2.34. The van der Waals surface area contributed by atoms with Crippen molar-refractivity contribution >= 4 is 11.8 Å².